The van der Waals surface area contributed by atoms with Gasteiger partial charge in [0, 0.05) is 12.1 Å². The number of ether oxygens (including phenoxy) is 1. The maximum atomic E-state index is 12.9. The van der Waals surface area contributed by atoms with Gasteiger partial charge in [-0.2, -0.15) is 0 Å². The molecule has 1 unspecified atom stereocenters. The zero-order valence-electron chi connectivity index (χ0n) is 14.1. The predicted octanol–water partition coefficient (Wildman–Crippen LogP) is 1.14. The van der Waals surface area contributed by atoms with Gasteiger partial charge in [0.25, 0.3) is 0 Å². The molecule has 7 nitrogen and oxygen atoms in total. The van der Waals surface area contributed by atoms with Gasteiger partial charge in [0.1, 0.15) is 0 Å². The molecule has 1 heterocycles. The highest BCUT2D eigenvalue weighted by Crippen LogP contribution is 2.62. The van der Waals surface area contributed by atoms with Crippen LogP contribution in [0.25, 0.3) is 0 Å². The van der Waals surface area contributed by atoms with Crippen LogP contribution in [0.5, 0.6) is 0 Å². The number of ketones is 1. The number of amides is 2. The first-order valence-electron chi connectivity index (χ1n) is 8.29. The van der Waals surface area contributed by atoms with E-state index >= 15 is 0 Å². The molecule has 1 saturated carbocycles. The molecule has 0 radical (unpaired) electrons. The first kappa shape index (κ1) is 17.1. The van der Waals surface area contributed by atoms with Gasteiger partial charge in [-0.15, -0.1) is 0 Å². The molecule has 0 spiro atoms. The van der Waals surface area contributed by atoms with Crippen molar-refractivity contribution < 1.29 is 23.9 Å². The molecule has 2 amide bonds. The highest BCUT2D eigenvalue weighted by Gasteiger charge is 2.73. The molecule has 0 saturated heterocycles. The molecular weight excluding hydrogens is 324 g/mol. The van der Waals surface area contributed by atoms with Crippen LogP contribution in [-0.4, -0.2) is 36.7 Å². The smallest absolute Gasteiger partial charge is 0.307 e. The SMILES string of the molecule is CCOC(=O)CCNC(=O)[C@@H]1C2C(=O)Nc3ccccc3C(=O)[C@@]21C. The van der Waals surface area contributed by atoms with Crippen molar-refractivity contribution in [2.24, 2.45) is 17.3 Å². The van der Waals surface area contributed by atoms with Gasteiger partial charge in [-0.05, 0) is 19.1 Å². The average Bonchev–Trinajstić information content (AvgIpc) is 3.23. The van der Waals surface area contributed by atoms with Crippen LogP contribution in [0.3, 0.4) is 0 Å². The molecule has 25 heavy (non-hydrogen) atoms. The van der Waals surface area contributed by atoms with Crippen molar-refractivity contribution in [2.45, 2.75) is 20.3 Å². The van der Waals surface area contributed by atoms with E-state index in [-0.39, 0.29) is 37.2 Å². The van der Waals surface area contributed by atoms with Gasteiger partial charge in [0.05, 0.1) is 36.0 Å². The largest absolute Gasteiger partial charge is 0.466 e. The van der Waals surface area contributed by atoms with E-state index in [1.165, 1.54) is 0 Å². The van der Waals surface area contributed by atoms with Crippen LogP contribution in [0.4, 0.5) is 5.69 Å². The molecule has 0 bridgehead atoms. The second-order valence-electron chi connectivity index (χ2n) is 6.45. The van der Waals surface area contributed by atoms with E-state index in [9.17, 15) is 19.2 Å². The Morgan fingerprint density at radius 3 is 2.72 bits per heavy atom. The summed E-state index contributed by atoms with van der Waals surface area (Å²) in [6.45, 7) is 3.75. The Labute approximate surface area is 145 Å². The number of hydrogen-bond acceptors (Lipinski definition) is 5. The summed E-state index contributed by atoms with van der Waals surface area (Å²) in [5.74, 6) is -2.75. The predicted molar refractivity (Wildman–Crippen MR) is 88.7 cm³/mol. The van der Waals surface area contributed by atoms with Crippen molar-refractivity contribution in [3.63, 3.8) is 0 Å². The number of Topliss-reactive ketones (excluding diaryl/α,β-unsaturated/α-hetero) is 1. The number of carbonyl (C=O) groups is 4. The molecule has 1 aromatic carbocycles. The summed E-state index contributed by atoms with van der Waals surface area (Å²) in [7, 11) is 0. The van der Waals surface area contributed by atoms with Crippen LogP contribution in [0.15, 0.2) is 24.3 Å². The molecule has 7 heteroatoms. The topological polar surface area (TPSA) is 102 Å². The number of carbonyl (C=O) groups excluding carboxylic acids is 4. The Bertz CT molecular complexity index is 760. The summed E-state index contributed by atoms with van der Waals surface area (Å²) in [5.41, 5.74) is -0.153. The second-order valence-corrected chi connectivity index (χ2v) is 6.45. The van der Waals surface area contributed by atoms with E-state index < -0.39 is 23.2 Å². The first-order chi connectivity index (χ1) is 11.9. The molecular formula is C18H20N2O5. The van der Waals surface area contributed by atoms with Gasteiger partial charge in [0.15, 0.2) is 5.78 Å². The van der Waals surface area contributed by atoms with Gasteiger partial charge in [-0.1, -0.05) is 19.1 Å². The highest BCUT2D eigenvalue weighted by atomic mass is 16.5. The van der Waals surface area contributed by atoms with Crippen molar-refractivity contribution in [3.8, 4) is 0 Å². The monoisotopic (exact) mass is 344 g/mol. The van der Waals surface area contributed by atoms with Crippen LogP contribution in [0.2, 0.25) is 0 Å². The number of nitrogens with one attached hydrogen (secondary N) is 2. The Kier molecular flexibility index (Phi) is 4.32. The van der Waals surface area contributed by atoms with E-state index in [1.807, 2.05) is 0 Å². The number of rotatable bonds is 5. The van der Waals surface area contributed by atoms with Crippen molar-refractivity contribution in [2.75, 3.05) is 18.5 Å². The molecule has 1 aliphatic carbocycles. The van der Waals surface area contributed by atoms with Gasteiger partial charge < -0.3 is 15.4 Å². The Morgan fingerprint density at radius 2 is 2.00 bits per heavy atom. The summed E-state index contributed by atoms with van der Waals surface area (Å²) in [6, 6.07) is 6.79. The van der Waals surface area contributed by atoms with E-state index in [0.29, 0.717) is 11.3 Å². The van der Waals surface area contributed by atoms with Crippen molar-refractivity contribution in [3.05, 3.63) is 29.8 Å². The van der Waals surface area contributed by atoms with E-state index in [0.717, 1.165) is 0 Å². The van der Waals surface area contributed by atoms with Crippen LogP contribution < -0.4 is 10.6 Å². The number of esters is 1. The fourth-order valence-corrected chi connectivity index (χ4v) is 3.56. The summed E-state index contributed by atoms with van der Waals surface area (Å²) in [5, 5.41) is 5.36. The van der Waals surface area contributed by atoms with E-state index in [2.05, 4.69) is 10.6 Å². The van der Waals surface area contributed by atoms with Crippen LogP contribution in [0, 0.1) is 17.3 Å². The molecule has 1 aliphatic heterocycles. The number of anilines is 1. The summed E-state index contributed by atoms with van der Waals surface area (Å²) in [6.07, 6.45) is 0.0522. The maximum Gasteiger partial charge on any atom is 0.307 e. The number of hydrogen-bond donors (Lipinski definition) is 2. The Balaban J connectivity index is 1.72. The van der Waals surface area contributed by atoms with Crippen LogP contribution in [0.1, 0.15) is 30.6 Å². The third-order valence-corrected chi connectivity index (χ3v) is 4.93. The lowest BCUT2D eigenvalue weighted by Crippen LogP contribution is -2.31. The normalized spacial score (nSPS) is 26.6. The number of benzene rings is 1. The third-order valence-electron chi connectivity index (χ3n) is 4.93. The van der Waals surface area contributed by atoms with Gasteiger partial charge >= 0.3 is 5.97 Å². The lowest BCUT2D eigenvalue weighted by Gasteiger charge is -2.12. The van der Waals surface area contributed by atoms with E-state index in [4.69, 9.17) is 4.74 Å². The van der Waals surface area contributed by atoms with Crippen LogP contribution in [-0.2, 0) is 19.1 Å². The molecule has 2 N–H and O–H groups in total. The summed E-state index contributed by atoms with van der Waals surface area (Å²) >= 11 is 0. The standard InChI is InChI=1S/C18H20N2O5/c1-3-25-12(21)8-9-19-16(23)13-14-17(24)20-11-7-5-4-6-10(11)15(22)18(13,14)2/h4-7,13-14H,3,8-9H2,1-2H3,(H,19,23)(H,20,24)/t13-,14?,18+/m0/s1. The molecule has 1 aromatic rings. The van der Waals surface area contributed by atoms with Gasteiger partial charge in [-0.25, -0.2) is 0 Å². The minimum Gasteiger partial charge on any atom is -0.466 e. The second kappa shape index (κ2) is 6.31. The summed E-state index contributed by atoms with van der Waals surface area (Å²) < 4.78 is 4.80. The minimum atomic E-state index is -1.05. The zero-order valence-corrected chi connectivity index (χ0v) is 14.1. The number of fused-ring (bicyclic) bond motifs is 2. The lowest BCUT2D eigenvalue weighted by atomic mass is 9.92. The van der Waals surface area contributed by atoms with Crippen molar-refractivity contribution in [1.29, 1.82) is 0 Å². The van der Waals surface area contributed by atoms with E-state index in [1.54, 1.807) is 38.1 Å². The Hall–Kier alpha value is -2.70. The molecule has 132 valence electrons. The first-order valence-corrected chi connectivity index (χ1v) is 8.29. The fraction of sp³-hybridized carbons (Fsp3) is 0.444. The third kappa shape index (κ3) is 2.79. The molecule has 0 aromatic heterocycles. The van der Waals surface area contributed by atoms with Crippen molar-refractivity contribution >= 4 is 29.3 Å². The maximum absolute atomic E-state index is 12.9. The van der Waals surface area contributed by atoms with Gasteiger partial charge in [0.2, 0.25) is 11.8 Å². The highest BCUT2D eigenvalue weighted by molar-refractivity contribution is 6.19. The average molecular weight is 344 g/mol. The molecule has 2 aliphatic rings. The zero-order chi connectivity index (χ0) is 18.2. The van der Waals surface area contributed by atoms with Crippen molar-refractivity contribution in [1.82, 2.24) is 5.32 Å². The van der Waals surface area contributed by atoms with Crippen LogP contribution >= 0.6 is 0 Å². The summed E-state index contributed by atoms with van der Waals surface area (Å²) in [4.78, 5) is 49.1. The lowest BCUT2D eigenvalue weighted by molar-refractivity contribution is -0.143. The minimum absolute atomic E-state index is 0.0522. The molecule has 1 fully saturated rings. The fourth-order valence-electron chi connectivity index (χ4n) is 3.56. The van der Waals surface area contributed by atoms with Gasteiger partial charge in [-0.3, -0.25) is 19.2 Å². The molecule has 3 atom stereocenters. The Morgan fingerprint density at radius 1 is 1.28 bits per heavy atom. The molecule has 3 rings (SSSR count). The quantitative estimate of drug-likeness (QED) is 0.780. The number of para-hydroxylation sites is 1.